The van der Waals surface area contributed by atoms with E-state index in [1.54, 1.807) is 24.3 Å². The van der Waals surface area contributed by atoms with Crippen LogP contribution in [-0.2, 0) is 0 Å². The van der Waals surface area contributed by atoms with E-state index in [4.69, 9.17) is 10.5 Å². The zero-order valence-corrected chi connectivity index (χ0v) is 17.4. The van der Waals surface area contributed by atoms with Gasteiger partial charge in [-0.25, -0.2) is 4.98 Å². The minimum absolute atomic E-state index is 0.0319. The highest BCUT2D eigenvalue weighted by Gasteiger charge is 2.19. The van der Waals surface area contributed by atoms with Gasteiger partial charge in [0.15, 0.2) is 0 Å². The van der Waals surface area contributed by atoms with Crippen molar-refractivity contribution in [3.8, 4) is 34.2 Å². The molecule has 0 bridgehead atoms. The van der Waals surface area contributed by atoms with Crippen molar-refractivity contribution >= 4 is 11.5 Å². The third kappa shape index (κ3) is 5.17. The molecule has 2 aromatic carbocycles. The largest absolute Gasteiger partial charge is 0.494 e. The summed E-state index contributed by atoms with van der Waals surface area (Å²) in [7, 11) is 0. The van der Waals surface area contributed by atoms with Crippen molar-refractivity contribution in [3.05, 3.63) is 70.3 Å². The summed E-state index contributed by atoms with van der Waals surface area (Å²) in [5.74, 6) is 0.782. The fraction of sp³-hybridized carbons (Fsp3) is 0.250. The van der Waals surface area contributed by atoms with Crippen LogP contribution in [0.1, 0.15) is 38.2 Å². The molecule has 158 valence electrons. The molecule has 0 saturated carbocycles. The SMILES string of the molecule is CCCCCCOc1ccc(-c2cc(-c3ccccc3[N+](=O)[O-])nc(N)c2C#N)cc1. The second-order valence-corrected chi connectivity index (χ2v) is 7.13. The third-order valence-electron chi connectivity index (χ3n) is 4.97. The summed E-state index contributed by atoms with van der Waals surface area (Å²) in [6.45, 7) is 2.83. The molecule has 0 radical (unpaired) electrons. The number of para-hydroxylation sites is 1. The standard InChI is InChI=1S/C24H24N4O3/c1-2-3-4-7-14-31-18-12-10-17(11-13-18)20-15-22(27-24(26)21(20)16-25)19-8-5-6-9-23(19)28(29)30/h5-6,8-13,15H,2-4,7,14H2,1H3,(H2,26,27). The van der Waals surface area contributed by atoms with E-state index < -0.39 is 4.92 Å². The van der Waals surface area contributed by atoms with Crippen LogP contribution < -0.4 is 10.5 Å². The Hall–Kier alpha value is -3.92. The monoisotopic (exact) mass is 416 g/mol. The van der Waals surface area contributed by atoms with Crippen LogP contribution in [0, 0.1) is 21.4 Å². The molecule has 0 spiro atoms. The molecule has 3 aromatic rings. The highest BCUT2D eigenvalue weighted by molar-refractivity contribution is 5.82. The average Bonchev–Trinajstić information content (AvgIpc) is 2.79. The van der Waals surface area contributed by atoms with Gasteiger partial charge in [-0.2, -0.15) is 5.26 Å². The number of ether oxygens (including phenoxy) is 1. The van der Waals surface area contributed by atoms with Gasteiger partial charge < -0.3 is 10.5 Å². The first-order valence-electron chi connectivity index (χ1n) is 10.2. The van der Waals surface area contributed by atoms with E-state index >= 15 is 0 Å². The van der Waals surface area contributed by atoms with Crippen molar-refractivity contribution in [1.82, 2.24) is 4.98 Å². The topological polar surface area (TPSA) is 115 Å². The highest BCUT2D eigenvalue weighted by atomic mass is 16.6. The molecule has 0 saturated heterocycles. The van der Waals surface area contributed by atoms with Crippen LogP contribution in [0.5, 0.6) is 5.75 Å². The lowest BCUT2D eigenvalue weighted by Gasteiger charge is -2.11. The summed E-state index contributed by atoms with van der Waals surface area (Å²) in [6.07, 6.45) is 4.53. The van der Waals surface area contributed by atoms with Gasteiger partial charge in [0.05, 0.1) is 22.8 Å². The maximum atomic E-state index is 11.4. The van der Waals surface area contributed by atoms with E-state index in [0.29, 0.717) is 23.4 Å². The first-order valence-corrected chi connectivity index (χ1v) is 10.2. The Labute approximate surface area is 181 Å². The molecule has 0 aliphatic rings. The number of rotatable bonds is 9. The summed E-state index contributed by atoms with van der Waals surface area (Å²) in [5.41, 5.74) is 8.21. The van der Waals surface area contributed by atoms with Crippen LogP contribution >= 0.6 is 0 Å². The lowest BCUT2D eigenvalue weighted by atomic mass is 9.98. The molecular formula is C24H24N4O3. The Bertz CT molecular complexity index is 1100. The lowest BCUT2D eigenvalue weighted by Crippen LogP contribution is -2.01. The molecule has 7 nitrogen and oxygen atoms in total. The summed E-state index contributed by atoms with van der Waals surface area (Å²) >= 11 is 0. The van der Waals surface area contributed by atoms with Gasteiger partial charge in [0, 0.05) is 11.6 Å². The summed E-state index contributed by atoms with van der Waals surface area (Å²) in [6, 6.07) is 17.5. The van der Waals surface area contributed by atoms with E-state index in [2.05, 4.69) is 18.0 Å². The molecule has 0 unspecified atom stereocenters. The number of aromatic nitrogens is 1. The van der Waals surface area contributed by atoms with Crippen LogP contribution in [0.2, 0.25) is 0 Å². The molecule has 0 amide bonds. The van der Waals surface area contributed by atoms with E-state index in [0.717, 1.165) is 24.2 Å². The van der Waals surface area contributed by atoms with Gasteiger partial charge in [-0.3, -0.25) is 10.1 Å². The third-order valence-corrected chi connectivity index (χ3v) is 4.97. The zero-order chi connectivity index (χ0) is 22.2. The number of unbranched alkanes of at least 4 members (excludes halogenated alkanes) is 3. The van der Waals surface area contributed by atoms with E-state index in [1.165, 1.54) is 18.9 Å². The normalized spacial score (nSPS) is 10.5. The van der Waals surface area contributed by atoms with Crippen molar-refractivity contribution in [3.63, 3.8) is 0 Å². The predicted octanol–water partition coefficient (Wildman–Crippen LogP) is 5.74. The quantitative estimate of drug-likeness (QED) is 0.270. The number of nitrogens with zero attached hydrogens (tertiary/aromatic N) is 3. The molecule has 7 heteroatoms. The number of nitrogen functional groups attached to an aromatic ring is 1. The maximum absolute atomic E-state index is 11.4. The summed E-state index contributed by atoms with van der Waals surface area (Å²) in [4.78, 5) is 15.2. The van der Waals surface area contributed by atoms with Gasteiger partial charge in [0.25, 0.3) is 5.69 Å². The average molecular weight is 416 g/mol. The number of hydrogen-bond acceptors (Lipinski definition) is 6. The number of benzene rings is 2. The number of anilines is 1. The molecule has 0 aliphatic heterocycles. The van der Waals surface area contributed by atoms with Gasteiger partial charge in [-0.1, -0.05) is 50.5 Å². The number of hydrogen-bond donors (Lipinski definition) is 1. The molecule has 0 fully saturated rings. The van der Waals surface area contributed by atoms with Crippen molar-refractivity contribution in [2.24, 2.45) is 0 Å². The molecule has 0 atom stereocenters. The Balaban J connectivity index is 1.93. The number of nitrogens with two attached hydrogens (primary N) is 1. The number of pyridine rings is 1. The molecule has 1 heterocycles. The second-order valence-electron chi connectivity index (χ2n) is 7.13. The lowest BCUT2D eigenvalue weighted by molar-refractivity contribution is -0.384. The van der Waals surface area contributed by atoms with Crippen molar-refractivity contribution in [2.45, 2.75) is 32.6 Å². The van der Waals surface area contributed by atoms with Crippen LogP contribution in [0.4, 0.5) is 11.5 Å². The fourth-order valence-corrected chi connectivity index (χ4v) is 3.35. The van der Waals surface area contributed by atoms with Gasteiger partial charge in [0.2, 0.25) is 0 Å². The number of nitro benzene ring substituents is 1. The molecule has 0 aliphatic carbocycles. The molecule has 31 heavy (non-hydrogen) atoms. The van der Waals surface area contributed by atoms with Gasteiger partial charge in [-0.15, -0.1) is 0 Å². The Kier molecular flexibility index (Phi) is 7.17. The maximum Gasteiger partial charge on any atom is 0.278 e. The van der Waals surface area contributed by atoms with E-state index in [1.807, 2.05) is 24.3 Å². The van der Waals surface area contributed by atoms with Crippen LogP contribution in [0.25, 0.3) is 22.4 Å². The van der Waals surface area contributed by atoms with E-state index in [9.17, 15) is 15.4 Å². The van der Waals surface area contributed by atoms with Gasteiger partial charge in [0.1, 0.15) is 23.2 Å². The molecular weight excluding hydrogens is 392 g/mol. The van der Waals surface area contributed by atoms with Crippen LogP contribution in [0.15, 0.2) is 54.6 Å². The van der Waals surface area contributed by atoms with Crippen LogP contribution in [-0.4, -0.2) is 16.5 Å². The second kappa shape index (κ2) is 10.2. The number of nitro groups is 1. The fourth-order valence-electron chi connectivity index (χ4n) is 3.35. The summed E-state index contributed by atoms with van der Waals surface area (Å²) < 4.78 is 5.78. The zero-order valence-electron chi connectivity index (χ0n) is 17.4. The smallest absolute Gasteiger partial charge is 0.278 e. The Morgan fingerprint density at radius 1 is 1.10 bits per heavy atom. The van der Waals surface area contributed by atoms with Crippen LogP contribution in [0.3, 0.4) is 0 Å². The highest BCUT2D eigenvalue weighted by Crippen LogP contribution is 2.35. The first kappa shape index (κ1) is 21.8. The molecule has 3 rings (SSSR count). The summed E-state index contributed by atoms with van der Waals surface area (Å²) in [5, 5.41) is 21.0. The van der Waals surface area contributed by atoms with Crippen molar-refractivity contribution in [1.29, 1.82) is 5.26 Å². The minimum Gasteiger partial charge on any atom is -0.494 e. The molecule has 2 N–H and O–H groups in total. The van der Waals surface area contributed by atoms with E-state index in [-0.39, 0.29) is 17.1 Å². The van der Waals surface area contributed by atoms with Crippen molar-refractivity contribution in [2.75, 3.05) is 12.3 Å². The molecule has 1 aromatic heterocycles. The van der Waals surface area contributed by atoms with Crippen molar-refractivity contribution < 1.29 is 9.66 Å². The minimum atomic E-state index is -0.461. The van der Waals surface area contributed by atoms with Gasteiger partial charge in [-0.05, 0) is 36.2 Å². The predicted molar refractivity (Wildman–Crippen MR) is 121 cm³/mol. The number of nitriles is 1. The Morgan fingerprint density at radius 3 is 2.52 bits per heavy atom. The van der Waals surface area contributed by atoms with Gasteiger partial charge >= 0.3 is 0 Å². The Morgan fingerprint density at radius 2 is 1.84 bits per heavy atom. The first-order chi connectivity index (χ1) is 15.0.